The Labute approximate surface area is 230 Å². The zero-order chi connectivity index (χ0) is 29.2. The average Bonchev–Trinajstić information content (AvgIpc) is 2.84. The van der Waals surface area contributed by atoms with Gasteiger partial charge in [0.05, 0.1) is 24.2 Å². The Balaban J connectivity index is 2.57. The molecule has 2 rings (SSSR count). The smallest absolute Gasteiger partial charge is 0.309 e. The summed E-state index contributed by atoms with van der Waals surface area (Å²) in [6.07, 6.45) is -1.42. The quantitative estimate of drug-likeness (QED) is 0.454. The fourth-order valence-corrected chi connectivity index (χ4v) is 6.77. The van der Waals surface area contributed by atoms with E-state index in [1.807, 2.05) is 34.6 Å². The Morgan fingerprint density at radius 2 is 1.61 bits per heavy atom. The minimum absolute atomic E-state index is 0.00879. The minimum atomic E-state index is -1.65. The maximum Gasteiger partial charge on any atom is 0.309 e. The van der Waals surface area contributed by atoms with Crippen LogP contribution in [-0.2, 0) is 19.0 Å². The van der Waals surface area contributed by atoms with Gasteiger partial charge in [0.15, 0.2) is 6.29 Å². The number of aliphatic hydroxyl groups excluding tert-OH is 2. The largest absolute Gasteiger partial charge is 0.459 e. The summed E-state index contributed by atoms with van der Waals surface area (Å²) in [5.74, 6) is -1.59. The molecule has 2 aliphatic heterocycles. The minimum Gasteiger partial charge on any atom is -0.459 e. The molecule has 1 unspecified atom stereocenters. The number of carbonyl (C=O) groups is 1. The van der Waals surface area contributed by atoms with Crippen molar-refractivity contribution in [2.24, 2.45) is 40.0 Å². The molecule has 8 nitrogen and oxygen atoms in total. The zero-order valence-electron chi connectivity index (χ0n) is 25.6. The van der Waals surface area contributed by atoms with Crippen LogP contribution in [0.25, 0.3) is 0 Å². The van der Waals surface area contributed by atoms with Gasteiger partial charge in [-0.3, -0.25) is 9.79 Å². The third kappa shape index (κ3) is 7.17. The molecule has 0 amide bonds. The van der Waals surface area contributed by atoms with Crippen LogP contribution in [0.5, 0.6) is 0 Å². The highest BCUT2D eigenvalue weighted by atomic mass is 16.7. The van der Waals surface area contributed by atoms with Crippen molar-refractivity contribution < 1.29 is 34.3 Å². The number of aliphatic imine (C=N–C) groups is 1. The molecule has 2 saturated heterocycles. The highest BCUT2D eigenvalue weighted by molar-refractivity contribution is 5.89. The molecular weight excluding hydrogens is 486 g/mol. The lowest BCUT2D eigenvalue weighted by Gasteiger charge is -2.47. The molecule has 12 atom stereocenters. The predicted molar refractivity (Wildman–Crippen MR) is 149 cm³/mol. The van der Waals surface area contributed by atoms with Crippen LogP contribution in [0, 0.1) is 35.0 Å². The fourth-order valence-electron chi connectivity index (χ4n) is 6.77. The first-order chi connectivity index (χ1) is 17.5. The molecule has 0 spiro atoms. The first-order valence-corrected chi connectivity index (χ1v) is 14.6. The monoisotopic (exact) mass is 541 g/mol. The van der Waals surface area contributed by atoms with E-state index < -0.39 is 53.4 Å². The number of esters is 1. The maximum atomic E-state index is 13.4. The van der Waals surface area contributed by atoms with E-state index in [-0.39, 0.29) is 30.0 Å². The van der Waals surface area contributed by atoms with Crippen LogP contribution in [0.4, 0.5) is 0 Å². The van der Waals surface area contributed by atoms with Crippen LogP contribution in [0.1, 0.15) is 94.9 Å². The van der Waals surface area contributed by atoms with Crippen molar-refractivity contribution in [2.75, 3.05) is 7.05 Å². The van der Waals surface area contributed by atoms with Gasteiger partial charge in [0.1, 0.15) is 17.8 Å². The lowest BCUT2D eigenvalue weighted by atomic mass is 9.67. The van der Waals surface area contributed by atoms with Crippen molar-refractivity contribution in [1.29, 1.82) is 0 Å². The third-order valence-electron chi connectivity index (χ3n) is 9.48. The van der Waals surface area contributed by atoms with Gasteiger partial charge in [-0.15, -0.1) is 0 Å². The lowest BCUT2D eigenvalue weighted by molar-refractivity contribution is -0.277. The molecule has 3 N–H and O–H groups in total. The van der Waals surface area contributed by atoms with Gasteiger partial charge in [0.2, 0.25) is 0 Å². The van der Waals surface area contributed by atoms with Gasteiger partial charge in [0.25, 0.3) is 0 Å². The van der Waals surface area contributed by atoms with Crippen LogP contribution in [0.3, 0.4) is 0 Å². The second-order valence-electron chi connectivity index (χ2n) is 13.1. The highest BCUT2D eigenvalue weighted by Gasteiger charge is 2.48. The molecule has 0 aromatic rings. The number of rotatable bonds is 3. The molecule has 0 saturated carbocycles. The van der Waals surface area contributed by atoms with E-state index in [0.717, 1.165) is 12.1 Å². The van der Waals surface area contributed by atoms with Crippen molar-refractivity contribution >= 4 is 11.7 Å². The Morgan fingerprint density at radius 1 is 1.00 bits per heavy atom. The second-order valence-corrected chi connectivity index (χ2v) is 13.1. The van der Waals surface area contributed by atoms with Crippen LogP contribution in [0.15, 0.2) is 4.99 Å². The number of cyclic esters (lactones) is 1. The summed E-state index contributed by atoms with van der Waals surface area (Å²) in [6, 6.07) is 0. The number of aliphatic hydroxyl groups is 3. The second kappa shape index (κ2) is 13.1. The highest BCUT2D eigenvalue weighted by Crippen LogP contribution is 2.43. The van der Waals surface area contributed by atoms with Gasteiger partial charge in [-0.05, 0) is 62.7 Å². The van der Waals surface area contributed by atoms with Gasteiger partial charge < -0.3 is 29.5 Å². The van der Waals surface area contributed by atoms with Crippen LogP contribution < -0.4 is 0 Å². The molecule has 2 fully saturated rings. The molecular formula is C30H55NO7. The van der Waals surface area contributed by atoms with Crippen LogP contribution >= 0.6 is 0 Å². The summed E-state index contributed by atoms with van der Waals surface area (Å²) < 4.78 is 18.6. The molecule has 8 heteroatoms. The molecule has 0 bridgehead atoms. The summed E-state index contributed by atoms with van der Waals surface area (Å²) in [5, 5.41) is 33.5. The predicted octanol–water partition coefficient (Wildman–Crippen LogP) is 4.37. The number of nitrogens with zero attached hydrogens (tertiary/aromatic N) is 1. The third-order valence-corrected chi connectivity index (χ3v) is 9.48. The topological polar surface area (TPSA) is 118 Å². The summed E-state index contributed by atoms with van der Waals surface area (Å²) in [7, 11) is 1.71. The zero-order valence-corrected chi connectivity index (χ0v) is 25.6. The van der Waals surface area contributed by atoms with Gasteiger partial charge in [-0.25, -0.2) is 0 Å². The molecule has 0 aromatic carbocycles. The van der Waals surface area contributed by atoms with E-state index in [2.05, 4.69) is 32.7 Å². The number of hydrogen-bond acceptors (Lipinski definition) is 8. The Kier molecular flexibility index (Phi) is 11.4. The van der Waals surface area contributed by atoms with Gasteiger partial charge >= 0.3 is 5.97 Å². The average molecular weight is 542 g/mol. The maximum absolute atomic E-state index is 13.4. The molecule has 38 heavy (non-hydrogen) atoms. The number of hydrogen-bond donors (Lipinski definition) is 3. The SMILES string of the molecule is CC[C@H]1OC(=O)[C@H](C)[C@@H](C)[C@H](C)[C@@H](OC2O[C@H](C)CC[C@H]2O)C(C)(C)C[C@@H](C)/C(=N\C)[C@H](C)[C@@H](O)[C@]1(C)O. The van der Waals surface area contributed by atoms with Gasteiger partial charge in [-0.2, -0.15) is 0 Å². The Hall–Kier alpha value is -1.06. The number of ether oxygens (including phenoxy) is 3. The molecule has 0 aromatic heterocycles. The molecule has 0 radical (unpaired) electrons. The molecule has 2 aliphatic rings. The standard InChI is InChI=1S/C30H55NO7/c1-12-23-30(10,35)25(33)21(7)24(31-11)16(2)15-29(8,9)26(19(5)18(4)20(6)27(34)37-23)38-28-22(32)14-13-17(3)36-28/h16-23,25-26,28,32-33,35H,12-15H2,1-11H3/b31-24+/t16-,17-,18+,19+,20-,21+,22-,23-,25-,26-,28?,30-/m1/s1. The van der Waals surface area contributed by atoms with E-state index >= 15 is 0 Å². The molecule has 0 aliphatic carbocycles. The normalized spacial score (nSPS) is 46.8. The lowest BCUT2D eigenvalue weighted by Crippen LogP contribution is -2.56. The van der Waals surface area contributed by atoms with E-state index in [0.29, 0.717) is 19.3 Å². The number of carbonyl (C=O) groups excluding carboxylic acids is 1. The van der Waals surface area contributed by atoms with Crippen LogP contribution in [0.2, 0.25) is 0 Å². The van der Waals surface area contributed by atoms with Gasteiger partial charge in [0, 0.05) is 18.7 Å². The van der Waals surface area contributed by atoms with Crippen molar-refractivity contribution in [3.8, 4) is 0 Å². The van der Waals surface area contributed by atoms with E-state index in [1.54, 1.807) is 14.0 Å². The van der Waals surface area contributed by atoms with Crippen LogP contribution in [-0.4, -0.2) is 76.5 Å². The summed E-state index contributed by atoms with van der Waals surface area (Å²) in [6.45, 7) is 19.6. The van der Waals surface area contributed by atoms with Crippen molar-refractivity contribution in [1.82, 2.24) is 0 Å². The molecule has 2 heterocycles. The van der Waals surface area contributed by atoms with Crippen molar-refractivity contribution in [2.45, 2.75) is 137 Å². The summed E-state index contributed by atoms with van der Waals surface area (Å²) in [5.41, 5.74) is -1.26. The first-order valence-electron chi connectivity index (χ1n) is 14.6. The first kappa shape index (κ1) is 33.1. The van der Waals surface area contributed by atoms with Crippen molar-refractivity contribution in [3.05, 3.63) is 0 Å². The van der Waals surface area contributed by atoms with E-state index in [4.69, 9.17) is 14.2 Å². The van der Waals surface area contributed by atoms with E-state index in [9.17, 15) is 20.1 Å². The van der Waals surface area contributed by atoms with Gasteiger partial charge in [-0.1, -0.05) is 55.4 Å². The summed E-state index contributed by atoms with van der Waals surface area (Å²) >= 11 is 0. The van der Waals surface area contributed by atoms with Crippen molar-refractivity contribution in [3.63, 3.8) is 0 Å². The van der Waals surface area contributed by atoms with E-state index in [1.165, 1.54) is 0 Å². The summed E-state index contributed by atoms with van der Waals surface area (Å²) in [4.78, 5) is 17.9. The Morgan fingerprint density at radius 3 is 2.16 bits per heavy atom. The molecule has 222 valence electrons. The Bertz CT molecular complexity index is 812. The fraction of sp³-hybridized carbons (Fsp3) is 0.933.